The molecule has 0 unspecified atom stereocenters. The molecule has 25 heavy (non-hydrogen) atoms. The largest absolute Gasteiger partial charge is 0.495 e. The third kappa shape index (κ3) is 3.62. The van der Waals surface area contributed by atoms with Gasteiger partial charge in [0.1, 0.15) is 11.3 Å². The van der Waals surface area contributed by atoms with Crippen molar-refractivity contribution < 1.29 is 13.2 Å². The molecule has 0 saturated carbocycles. The van der Waals surface area contributed by atoms with Crippen LogP contribution in [0, 0.1) is 0 Å². The van der Waals surface area contributed by atoms with Gasteiger partial charge in [0.15, 0.2) is 0 Å². The van der Waals surface area contributed by atoms with Crippen LogP contribution in [0.3, 0.4) is 0 Å². The average Bonchev–Trinajstić information content (AvgIpc) is 2.60. The fourth-order valence-electron chi connectivity index (χ4n) is 2.35. The average molecular weight is 359 g/mol. The summed E-state index contributed by atoms with van der Waals surface area (Å²) in [6.45, 7) is 0.432. The molecule has 2 aromatic heterocycles. The van der Waals surface area contributed by atoms with Gasteiger partial charge < -0.3 is 15.8 Å². The van der Waals surface area contributed by atoms with E-state index >= 15 is 0 Å². The zero-order valence-corrected chi connectivity index (χ0v) is 14.2. The Hall–Kier alpha value is -2.91. The molecule has 0 spiro atoms. The van der Waals surface area contributed by atoms with E-state index in [-0.39, 0.29) is 4.90 Å². The number of primary sulfonamides is 1. The molecule has 0 atom stereocenters. The highest BCUT2D eigenvalue weighted by Crippen LogP contribution is 2.28. The minimum atomic E-state index is -3.70. The standard InChI is InChI=1S/C16H17N5O3S/c1-24-11-6-14-16(21-8-11)15(13(17)9-19-14)20-7-10-2-4-12(5-3-10)25(18,22)23/h2-6,8-9H,7,17H2,1H3,(H,19,20)(H2,18,22,23). The quantitative estimate of drug-likeness (QED) is 0.628. The summed E-state index contributed by atoms with van der Waals surface area (Å²) < 4.78 is 27.7. The Balaban J connectivity index is 1.86. The molecule has 0 radical (unpaired) electrons. The SMILES string of the molecule is COc1cnc2c(NCc3ccc(S(N)(=O)=O)cc3)c(N)cnc2c1. The first-order valence-corrected chi connectivity index (χ1v) is 8.87. The topological polar surface area (TPSA) is 133 Å². The first-order valence-electron chi connectivity index (χ1n) is 7.32. The van der Waals surface area contributed by atoms with E-state index in [2.05, 4.69) is 15.3 Å². The maximum absolute atomic E-state index is 11.3. The van der Waals surface area contributed by atoms with Crippen molar-refractivity contribution in [2.24, 2.45) is 5.14 Å². The zero-order valence-electron chi connectivity index (χ0n) is 13.4. The fourth-order valence-corrected chi connectivity index (χ4v) is 2.87. The van der Waals surface area contributed by atoms with E-state index in [1.54, 1.807) is 37.7 Å². The van der Waals surface area contributed by atoms with Gasteiger partial charge in [-0.25, -0.2) is 18.5 Å². The van der Waals surface area contributed by atoms with Crippen LogP contribution in [0.2, 0.25) is 0 Å². The Morgan fingerprint density at radius 2 is 1.88 bits per heavy atom. The number of hydrogen-bond donors (Lipinski definition) is 3. The monoisotopic (exact) mass is 359 g/mol. The molecular formula is C16H17N5O3S. The molecule has 130 valence electrons. The van der Waals surface area contributed by atoms with Crippen LogP contribution in [0.1, 0.15) is 5.56 Å². The lowest BCUT2D eigenvalue weighted by Crippen LogP contribution is -2.12. The van der Waals surface area contributed by atoms with Crippen molar-refractivity contribution in [3.8, 4) is 5.75 Å². The molecule has 3 rings (SSSR count). The second-order valence-electron chi connectivity index (χ2n) is 5.37. The predicted molar refractivity (Wildman–Crippen MR) is 95.6 cm³/mol. The van der Waals surface area contributed by atoms with E-state index in [4.69, 9.17) is 15.6 Å². The summed E-state index contributed by atoms with van der Waals surface area (Å²) in [6, 6.07) is 8.06. The molecular weight excluding hydrogens is 342 g/mol. The minimum Gasteiger partial charge on any atom is -0.495 e. The molecule has 2 heterocycles. The lowest BCUT2D eigenvalue weighted by molar-refractivity contribution is 0.413. The Kier molecular flexibility index (Phi) is 4.43. The van der Waals surface area contributed by atoms with Gasteiger partial charge in [-0.05, 0) is 17.7 Å². The molecule has 0 aliphatic carbocycles. The van der Waals surface area contributed by atoms with Gasteiger partial charge in [-0.15, -0.1) is 0 Å². The number of ether oxygens (including phenoxy) is 1. The summed E-state index contributed by atoms with van der Waals surface area (Å²) in [7, 11) is -2.14. The number of nitrogens with zero attached hydrogens (tertiary/aromatic N) is 2. The molecule has 0 saturated heterocycles. The maximum atomic E-state index is 11.3. The van der Waals surface area contributed by atoms with E-state index in [0.717, 1.165) is 5.56 Å². The smallest absolute Gasteiger partial charge is 0.238 e. The van der Waals surface area contributed by atoms with Gasteiger partial charge in [0.05, 0.1) is 41.3 Å². The minimum absolute atomic E-state index is 0.0684. The number of sulfonamides is 1. The molecule has 9 heteroatoms. The highest BCUT2D eigenvalue weighted by Gasteiger charge is 2.10. The number of nitrogen functional groups attached to an aromatic ring is 1. The third-order valence-electron chi connectivity index (χ3n) is 3.67. The summed E-state index contributed by atoms with van der Waals surface area (Å²) in [5.74, 6) is 0.606. The number of rotatable bonds is 5. The van der Waals surface area contributed by atoms with Crippen LogP contribution < -0.4 is 20.9 Å². The first-order chi connectivity index (χ1) is 11.9. The second kappa shape index (κ2) is 6.54. The predicted octanol–water partition coefficient (Wildman–Crippen LogP) is 1.48. The zero-order chi connectivity index (χ0) is 18.0. The molecule has 0 bridgehead atoms. The molecule has 0 aliphatic heterocycles. The van der Waals surface area contributed by atoms with Gasteiger partial charge in [-0.1, -0.05) is 12.1 Å². The normalized spacial score (nSPS) is 11.4. The molecule has 1 aromatic carbocycles. The van der Waals surface area contributed by atoms with Crippen LogP contribution in [0.5, 0.6) is 5.75 Å². The summed E-state index contributed by atoms with van der Waals surface area (Å²) in [6.07, 6.45) is 3.14. The second-order valence-corrected chi connectivity index (χ2v) is 6.94. The van der Waals surface area contributed by atoms with E-state index in [1.807, 2.05) is 0 Å². The van der Waals surface area contributed by atoms with Crippen LogP contribution in [0.4, 0.5) is 11.4 Å². The van der Waals surface area contributed by atoms with E-state index < -0.39 is 10.0 Å². The molecule has 8 nitrogen and oxygen atoms in total. The number of hydrogen-bond acceptors (Lipinski definition) is 7. The van der Waals surface area contributed by atoms with Gasteiger partial charge in [-0.2, -0.15) is 0 Å². The maximum Gasteiger partial charge on any atom is 0.238 e. The fraction of sp³-hybridized carbons (Fsp3) is 0.125. The van der Waals surface area contributed by atoms with E-state index in [9.17, 15) is 8.42 Å². The molecule has 3 aromatic rings. The first kappa shape index (κ1) is 16.9. The van der Waals surface area contributed by atoms with Gasteiger partial charge in [0.2, 0.25) is 10.0 Å². The highest BCUT2D eigenvalue weighted by atomic mass is 32.2. The Morgan fingerprint density at radius 3 is 2.52 bits per heavy atom. The number of aromatic nitrogens is 2. The van der Waals surface area contributed by atoms with Gasteiger partial charge in [0, 0.05) is 12.6 Å². The van der Waals surface area contributed by atoms with Crippen molar-refractivity contribution in [1.29, 1.82) is 0 Å². The number of pyridine rings is 2. The van der Waals surface area contributed by atoms with Crippen molar-refractivity contribution in [2.75, 3.05) is 18.2 Å². The van der Waals surface area contributed by atoms with E-state index in [0.29, 0.717) is 34.7 Å². The van der Waals surface area contributed by atoms with Crippen LogP contribution >= 0.6 is 0 Å². The van der Waals surface area contributed by atoms with Crippen LogP contribution in [0.15, 0.2) is 47.6 Å². The molecule has 0 fully saturated rings. The van der Waals surface area contributed by atoms with Crippen LogP contribution in [-0.2, 0) is 16.6 Å². The van der Waals surface area contributed by atoms with E-state index in [1.165, 1.54) is 12.1 Å². The van der Waals surface area contributed by atoms with Gasteiger partial charge >= 0.3 is 0 Å². The van der Waals surface area contributed by atoms with Crippen molar-refractivity contribution in [2.45, 2.75) is 11.4 Å². The highest BCUT2D eigenvalue weighted by molar-refractivity contribution is 7.89. The number of benzene rings is 1. The number of methoxy groups -OCH3 is 1. The van der Waals surface area contributed by atoms with Crippen molar-refractivity contribution in [3.05, 3.63) is 48.3 Å². The van der Waals surface area contributed by atoms with Crippen LogP contribution in [-0.4, -0.2) is 25.5 Å². The summed E-state index contributed by atoms with van der Waals surface area (Å²) in [5.41, 5.74) is 9.28. The lowest BCUT2D eigenvalue weighted by Gasteiger charge is -2.12. The number of fused-ring (bicyclic) bond motifs is 1. The molecule has 0 aliphatic rings. The van der Waals surface area contributed by atoms with Gasteiger partial charge in [0.25, 0.3) is 0 Å². The summed E-state index contributed by atoms with van der Waals surface area (Å²) in [5, 5.41) is 8.31. The van der Waals surface area contributed by atoms with Gasteiger partial charge in [-0.3, -0.25) is 4.98 Å². The van der Waals surface area contributed by atoms with Crippen molar-refractivity contribution in [1.82, 2.24) is 9.97 Å². The molecule has 5 N–H and O–H groups in total. The number of nitrogens with two attached hydrogens (primary N) is 2. The van der Waals surface area contributed by atoms with Crippen molar-refractivity contribution >= 4 is 32.4 Å². The summed E-state index contributed by atoms with van der Waals surface area (Å²) in [4.78, 5) is 8.67. The molecule has 0 amide bonds. The Morgan fingerprint density at radius 1 is 1.16 bits per heavy atom. The van der Waals surface area contributed by atoms with Crippen molar-refractivity contribution in [3.63, 3.8) is 0 Å². The lowest BCUT2D eigenvalue weighted by atomic mass is 10.2. The van der Waals surface area contributed by atoms with Crippen LogP contribution in [0.25, 0.3) is 11.0 Å². The third-order valence-corrected chi connectivity index (χ3v) is 4.60. The Bertz CT molecular complexity index is 1020. The number of nitrogens with one attached hydrogen (secondary N) is 1. The summed E-state index contributed by atoms with van der Waals surface area (Å²) >= 11 is 0. The number of anilines is 2. The Labute approximate surface area is 144 Å².